The fourth-order valence-electron chi connectivity index (χ4n) is 2.75. The fourth-order valence-corrected chi connectivity index (χ4v) is 2.75. The summed E-state index contributed by atoms with van der Waals surface area (Å²) in [6.07, 6.45) is 4.62. The quantitative estimate of drug-likeness (QED) is 0.744. The van der Waals surface area contributed by atoms with Crippen molar-refractivity contribution in [1.82, 2.24) is 4.98 Å². The van der Waals surface area contributed by atoms with Gasteiger partial charge in [0.15, 0.2) is 0 Å². The van der Waals surface area contributed by atoms with Crippen molar-refractivity contribution in [2.75, 3.05) is 5.32 Å². The van der Waals surface area contributed by atoms with Crippen molar-refractivity contribution in [3.63, 3.8) is 0 Å². The van der Waals surface area contributed by atoms with E-state index >= 15 is 0 Å². The first kappa shape index (κ1) is 12.4. The molecule has 1 aromatic heterocycles. The van der Waals surface area contributed by atoms with Crippen LogP contribution in [0.2, 0.25) is 0 Å². The number of pyridine rings is 1. The largest absolute Gasteiger partial charge is 0.380 e. The Hall–Kier alpha value is -2.35. The molecule has 1 aliphatic rings. The monoisotopic (exact) mass is 274 g/mol. The van der Waals surface area contributed by atoms with E-state index < -0.39 is 0 Å². The molecular weight excluding hydrogens is 256 g/mol. The molecule has 0 amide bonds. The van der Waals surface area contributed by atoms with Gasteiger partial charge in [0.05, 0.1) is 17.4 Å². The van der Waals surface area contributed by atoms with Gasteiger partial charge < -0.3 is 5.32 Å². The van der Waals surface area contributed by atoms with E-state index in [1.165, 1.54) is 29.4 Å². The molecule has 4 rings (SSSR count). The lowest BCUT2D eigenvalue weighted by molar-refractivity contribution is 1.08. The second-order valence-corrected chi connectivity index (χ2v) is 5.79. The molecule has 1 heterocycles. The van der Waals surface area contributed by atoms with Gasteiger partial charge in [-0.2, -0.15) is 0 Å². The maximum Gasteiger partial charge on any atom is 0.0703 e. The molecule has 0 aliphatic heterocycles. The number of rotatable bonds is 4. The number of hydrogen-bond acceptors (Lipinski definition) is 2. The molecule has 1 saturated carbocycles. The lowest BCUT2D eigenvalue weighted by atomic mass is 10.1. The van der Waals surface area contributed by atoms with E-state index in [-0.39, 0.29) is 0 Å². The minimum absolute atomic E-state index is 0.812. The van der Waals surface area contributed by atoms with Gasteiger partial charge in [-0.3, -0.25) is 4.98 Å². The number of hydrogen-bond donors (Lipinski definition) is 1. The fraction of sp³-hybridized carbons (Fsp3) is 0.211. The zero-order chi connectivity index (χ0) is 14.1. The predicted molar refractivity (Wildman–Crippen MR) is 87.5 cm³/mol. The van der Waals surface area contributed by atoms with E-state index in [0.717, 1.165) is 23.7 Å². The van der Waals surface area contributed by atoms with E-state index in [4.69, 9.17) is 0 Å². The van der Waals surface area contributed by atoms with E-state index in [1.807, 2.05) is 24.4 Å². The Morgan fingerprint density at radius 1 is 1.00 bits per heavy atom. The Bertz CT molecular complexity index is 775. The number of fused-ring (bicyclic) bond motifs is 1. The van der Waals surface area contributed by atoms with Crippen LogP contribution in [0.5, 0.6) is 0 Å². The van der Waals surface area contributed by atoms with Crippen molar-refractivity contribution >= 4 is 16.6 Å². The van der Waals surface area contributed by atoms with Crippen LogP contribution in [-0.4, -0.2) is 4.98 Å². The second-order valence-electron chi connectivity index (χ2n) is 5.79. The summed E-state index contributed by atoms with van der Waals surface area (Å²) in [5, 5.41) is 4.65. The highest BCUT2D eigenvalue weighted by molar-refractivity contribution is 5.81. The molecule has 0 unspecified atom stereocenters. The highest BCUT2D eigenvalue weighted by Crippen LogP contribution is 2.40. The third-order valence-electron chi connectivity index (χ3n) is 4.09. The Balaban J connectivity index is 1.51. The summed E-state index contributed by atoms with van der Waals surface area (Å²) in [7, 11) is 0. The molecule has 1 N–H and O–H groups in total. The Morgan fingerprint density at radius 2 is 1.90 bits per heavy atom. The third-order valence-corrected chi connectivity index (χ3v) is 4.09. The molecule has 2 nitrogen and oxygen atoms in total. The first-order valence-electron chi connectivity index (χ1n) is 7.56. The smallest absolute Gasteiger partial charge is 0.0703 e. The van der Waals surface area contributed by atoms with Gasteiger partial charge in [0.2, 0.25) is 0 Å². The first-order chi connectivity index (χ1) is 10.4. The molecule has 2 heteroatoms. The summed E-state index contributed by atoms with van der Waals surface area (Å²) < 4.78 is 0. The predicted octanol–water partition coefficient (Wildman–Crippen LogP) is 4.72. The van der Waals surface area contributed by atoms with Crippen LogP contribution in [0.4, 0.5) is 5.69 Å². The van der Waals surface area contributed by atoms with Crippen LogP contribution in [0.15, 0.2) is 60.8 Å². The molecule has 0 atom stereocenters. The van der Waals surface area contributed by atoms with Crippen LogP contribution < -0.4 is 5.32 Å². The van der Waals surface area contributed by atoms with Crippen LogP contribution in [0.25, 0.3) is 10.9 Å². The van der Waals surface area contributed by atoms with E-state index in [9.17, 15) is 0 Å². The number of nitrogens with zero attached hydrogens (tertiary/aromatic N) is 1. The molecule has 2 aromatic carbocycles. The van der Waals surface area contributed by atoms with E-state index in [2.05, 4.69) is 46.7 Å². The van der Waals surface area contributed by atoms with E-state index in [0.29, 0.717) is 0 Å². The molecule has 0 radical (unpaired) electrons. The van der Waals surface area contributed by atoms with Crippen molar-refractivity contribution in [3.8, 4) is 0 Å². The highest BCUT2D eigenvalue weighted by Gasteiger charge is 2.23. The van der Waals surface area contributed by atoms with Gasteiger partial charge in [0.1, 0.15) is 0 Å². The molecule has 1 fully saturated rings. The topological polar surface area (TPSA) is 24.9 Å². The Kier molecular flexibility index (Phi) is 3.07. The maximum atomic E-state index is 4.49. The van der Waals surface area contributed by atoms with Crippen LogP contribution >= 0.6 is 0 Å². The molecule has 0 spiro atoms. The molecular formula is C19H18N2. The van der Waals surface area contributed by atoms with Gasteiger partial charge in [-0.25, -0.2) is 0 Å². The van der Waals surface area contributed by atoms with Gasteiger partial charge >= 0.3 is 0 Å². The Labute approximate surface area is 124 Å². The van der Waals surface area contributed by atoms with Gasteiger partial charge in [-0.15, -0.1) is 0 Å². The van der Waals surface area contributed by atoms with Gasteiger partial charge in [0, 0.05) is 11.9 Å². The third kappa shape index (κ3) is 2.75. The van der Waals surface area contributed by atoms with Crippen molar-refractivity contribution < 1.29 is 0 Å². The van der Waals surface area contributed by atoms with Crippen molar-refractivity contribution in [2.45, 2.75) is 25.3 Å². The minimum atomic E-state index is 0.812. The molecule has 0 bridgehead atoms. The SMILES string of the molecule is c1cc(CNc2cnc3ccccc3c2)cc(C2CC2)c1. The second kappa shape index (κ2) is 5.21. The van der Waals surface area contributed by atoms with Gasteiger partial charge in [-0.1, -0.05) is 42.5 Å². The van der Waals surface area contributed by atoms with E-state index in [1.54, 1.807) is 0 Å². The maximum absolute atomic E-state index is 4.49. The number of nitrogens with one attached hydrogen (secondary N) is 1. The summed E-state index contributed by atoms with van der Waals surface area (Å²) in [4.78, 5) is 4.49. The number of para-hydroxylation sites is 1. The average molecular weight is 274 g/mol. The summed E-state index contributed by atoms with van der Waals surface area (Å²) >= 11 is 0. The minimum Gasteiger partial charge on any atom is -0.380 e. The van der Waals surface area contributed by atoms with Gasteiger partial charge in [0.25, 0.3) is 0 Å². The molecule has 3 aromatic rings. The molecule has 21 heavy (non-hydrogen) atoms. The van der Waals surface area contributed by atoms with Crippen molar-refractivity contribution in [2.24, 2.45) is 0 Å². The standard InChI is InChI=1S/C19H18N2/c1-2-7-19-17(5-1)11-18(13-21-19)20-12-14-4-3-6-16(10-14)15-8-9-15/h1-7,10-11,13,15,20H,8-9,12H2. The normalized spacial score (nSPS) is 14.3. The summed E-state index contributed by atoms with van der Waals surface area (Å²) in [6.45, 7) is 0.848. The summed E-state index contributed by atoms with van der Waals surface area (Å²) in [5.41, 5.74) is 4.95. The number of anilines is 1. The lowest BCUT2D eigenvalue weighted by Gasteiger charge is -2.08. The molecule has 0 saturated heterocycles. The highest BCUT2D eigenvalue weighted by atomic mass is 14.9. The Morgan fingerprint density at radius 3 is 2.81 bits per heavy atom. The number of aromatic nitrogens is 1. The zero-order valence-corrected chi connectivity index (χ0v) is 11.9. The zero-order valence-electron chi connectivity index (χ0n) is 11.9. The van der Waals surface area contributed by atoms with Crippen LogP contribution in [0.3, 0.4) is 0 Å². The average Bonchev–Trinajstić information content (AvgIpc) is 3.38. The first-order valence-corrected chi connectivity index (χ1v) is 7.56. The van der Waals surface area contributed by atoms with Crippen molar-refractivity contribution in [3.05, 3.63) is 71.9 Å². The van der Waals surface area contributed by atoms with Crippen LogP contribution in [-0.2, 0) is 6.54 Å². The lowest BCUT2D eigenvalue weighted by Crippen LogP contribution is -2.00. The molecule has 104 valence electrons. The number of benzene rings is 2. The summed E-state index contributed by atoms with van der Waals surface area (Å²) in [5.74, 6) is 0.812. The van der Waals surface area contributed by atoms with Crippen LogP contribution in [0, 0.1) is 0 Å². The van der Waals surface area contributed by atoms with Gasteiger partial charge in [-0.05, 0) is 42.0 Å². The molecule has 1 aliphatic carbocycles. The summed E-state index contributed by atoms with van der Waals surface area (Å²) in [6, 6.07) is 19.3. The van der Waals surface area contributed by atoms with Crippen LogP contribution in [0.1, 0.15) is 29.9 Å². The van der Waals surface area contributed by atoms with Crippen molar-refractivity contribution in [1.29, 1.82) is 0 Å².